The molecule has 3 unspecified atom stereocenters. The second-order valence-corrected chi connectivity index (χ2v) is 16.2. The number of amides is 1. The van der Waals surface area contributed by atoms with E-state index in [9.17, 15) is 19.8 Å². The third kappa shape index (κ3) is 40.1. The van der Waals surface area contributed by atoms with Crippen LogP contribution in [0.4, 0.5) is 0 Å². The van der Waals surface area contributed by atoms with Crippen molar-refractivity contribution in [1.29, 1.82) is 0 Å². The number of nitrogens with one attached hydrogen (secondary N) is 1. The topological polar surface area (TPSA) is 95.9 Å². The number of carbonyl (C=O) groups is 2. The Morgan fingerprint density at radius 2 is 0.931 bits per heavy atom. The van der Waals surface area contributed by atoms with Crippen molar-refractivity contribution >= 4 is 11.9 Å². The molecular formula is C52H91NO5. The number of aliphatic hydroxyl groups excluding tert-OH is 2. The Kier molecular flexibility index (Phi) is 43.3. The summed E-state index contributed by atoms with van der Waals surface area (Å²) in [5.74, 6) is -0.537. The van der Waals surface area contributed by atoms with Gasteiger partial charge >= 0.3 is 5.97 Å². The zero-order valence-electron chi connectivity index (χ0n) is 37.9. The summed E-state index contributed by atoms with van der Waals surface area (Å²) < 4.78 is 5.89. The van der Waals surface area contributed by atoms with Gasteiger partial charge in [-0.05, 0) is 70.6 Å². The van der Waals surface area contributed by atoms with E-state index in [1.807, 2.05) is 12.2 Å². The number of rotatable bonds is 42. The molecule has 0 aromatic heterocycles. The highest BCUT2D eigenvalue weighted by molar-refractivity contribution is 5.77. The highest BCUT2D eigenvalue weighted by Gasteiger charge is 2.24. The van der Waals surface area contributed by atoms with Crippen molar-refractivity contribution in [2.75, 3.05) is 6.61 Å². The van der Waals surface area contributed by atoms with Crippen molar-refractivity contribution in [3.05, 3.63) is 72.9 Å². The molecule has 6 heteroatoms. The van der Waals surface area contributed by atoms with Gasteiger partial charge in [-0.3, -0.25) is 9.59 Å². The lowest BCUT2D eigenvalue weighted by atomic mass is 10.0. The van der Waals surface area contributed by atoms with E-state index in [2.05, 4.69) is 86.8 Å². The number of aliphatic hydroxyl groups is 2. The van der Waals surface area contributed by atoms with Crippen LogP contribution in [0.1, 0.15) is 220 Å². The Hall–Kier alpha value is -2.70. The van der Waals surface area contributed by atoms with E-state index < -0.39 is 18.2 Å². The van der Waals surface area contributed by atoms with E-state index in [1.165, 1.54) is 83.5 Å². The van der Waals surface area contributed by atoms with Crippen LogP contribution in [0.15, 0.2) is 72.9 Å². The molecule has 0 aromatic rings. The molecule has 0 radical (unpaired) electrons. The molecular weight excluding hydrogens is 719 g/mol. The number of ether oxygens (including phenoxy) is 1. The van der Waals surface area contributed by atoms with E-state index in [0.717, 1.165) is 89.9 Å². The molecule has 0 aliphatic carbocycles. The standard InChI is InChI=1S/C52H91NO5/c1-4-7-10-13-16-19-22-23-24-25-26-27-28-30-33-36-39-42-45-52(57)58-48(43-40-37-34-31-29-20-17-14-11-8-5-2)46-51(56)53-49(47-54)50(55)44-41-38-35-32-21-18-15-12-9-6-3/h8,11,14,17,20,22-27,29,48-50,54-55H,4-7,9-10,12-13,15-16,18-19,21,28,30-47H2,1-3H3,(H,53,56)/b11-8+,17-14+,23-22+,25-24+,27-26+,29-20-. The van der Waals surface area contributed by atoms with Gasteiger partial charge in [-0.1, -0.05) is 209 Å². The summed E-state index contributed by atoms with van der Waals surface area (Å²) in [6.45, 7) is 6.29. The molecule has 1 amide bonds. The summed E-state index contributed by atoms with van der Waals surface area (Å²) in [7, 11) is 0. The summed E-state index contributed by atoms with van der Waals surface area (Å²) in [5.41, 5.74) is 0. The fraction of sp³-hybridized carbons (Fsp3) is 0.731. The lowest BCUT2D eigenvalue weighted by molar-refractivity contribution is -0.151. The lowest BCUT2D eigenvalue weighted by Gasteiger charge is -2.24. The molecule has 6 nitrogen and oxygen atoms in total. The molecule has 0 bridgehead atoms. The quantitative estimate of drug-likeness (QED) is 0.0324. The third-order valence-corrected chi connectivity index (χ3v) is 10.6. The second kappa shape index (κ2) is 45.4. The molecule has 334 valence electrons. The average Bonchev–Trinajstić information content (AvgIpc) is 3.22. The van der Waals surface area contributed by atoms with E-state index in [0.29, 0.717) is 19.3 Å². The smallest absolute Gasteiger partial charge is 0.306 e. The first-order valence-electron chi connectivity index (χ1n) is 24.2. The summed E-state index contributed by atoms with van der Waals surface area (Å²) in [4.78, 5) is 26.0. The zero-order valence-corrected chi connectivity index (χ0v) is 37.9. The summed E-state index contributed by atoms with van der Waals surface area (Å²) in [5, 5.41) is 23.6. The minimum absolute atomic E-state index is 0.0430. The van der Waals surface area contributed by atoms with Crippen molar-refractivity contribution < 1.29 is 24.5 Å². The van der Waals surface area contributed by atoms with Crippen LogP contribution in [0.3, 0.4) is 0 Å². The van der Waals surface area contributed by atoms with Crippen LogP contribution < -0.4 is 5.32 Å². The van der Waals surface area contributed by atoms with Gasteiger partial charge in [-0.25, -0.2) is 0 Å². The number of allylic oxidation sites excluding steroid dienone is 12. The fourth-order valence-electron chi connectivity index (χ4n) is 6.96. The van der Waals surface area contributed by atoms with Gasteiger partial charge in [0, 0.05) is 6.42 Å². The van der Waals surface area contributed by atoms with Crippen LogP contribution in [0, 0.1) is 0 Å². The summed E-state index contributed by atoms with van der Waals surface area (Å²) in [6.07, 6.45) is 56.8. The highest BCUT2D eigenvalue weighted by atomic mass is 16.5. The van der Waals surface area contributed by atoms with Crippen molar-refractivity contribution in [3.8, 4) is 0 Å². The first-order valence-corrected chi connectivity index (χ1v) is 24.2. The van der Waals surface area contributed by atoms with Crippen LogP contribution in [0.25, 0.3) is 0 Å². The van der Waals surface area contributed by atoms with Crippen LogP contribution in [0.5, 0.6) is 0 Å². The third-order valence-electron chi connectivity index (χ3n) is 10.6. The first kappa shape index (κ1) is 55.3. The monoisotopic (exact) mass is 810 g/mol. The van der Waals surface area contributed by atoms with Gasteiger partial charge in [0.2, 0.25) is 5.91 Å². The molecule has 0 aliphatic rings. The van der Waals surface area contributed by atoms with E-state index in [4.69, 9.17) is 4.74 Å². The summed E-state index contributed by atoms with van der Waals surface area (Å²) >= 11 is 0. The molecule has 0 spiro atoms. The average molecular weight is 810 g/mol. The number of esters is 1. The Balaban J connectivity index is 4.62. The molecule has 3 N–H and O–H groups in total. The SMILES string of the molecule is CC/C=C/C=C/C=C\CCCCCC(CC(=O)NC(CO)C(O)CCCCCCCCCCCC)OC(=O)CCCCCCC/C=C/C=C/C=C/CCCCCCC. The lowest BCUT2D eigenvalue weighted by Crippen LogP contribution is -2.46. The minimum Gasteiger partial charge on any atom is -0.462 e. The minimum atomic E-state index is -0.801. The normalized spacial score (nSPS) is 13.9. The number of carbonyl (C=O) groups excluding carboxylic acids is 2. The molecule has 0 rings (SSSR count). The molecule has 0 fully saturated rings. The predicted molar refractivity (Wildman–Crippen MR) is 250 cm³/mol. The van der Waals surface area contributed by atoms with Gasteiger partial charge in [-0.2, -0.15) is 0 Å². The van der Waals surface area contributed by atoms with Gasteiger partial charge in [0.05, 0.1) is 25.2 Å². The maximum Gasteiger partial charge on any atom is 0.306 e. The molecule has 0 aliphatic heterocycles. The zero-order chi connectivity index (χ0) is 42.4. The highest BCUT2D eigenvalue weighted by Crippen LogP contribution is 2.17. The van der Waals surface area contributed by atoms with Gasteiger partial charge in [0.25, 0.3) is 0 Å². The number of unbranched alkanes of at least 4 members (excludes halogenated alkanes) is 22. The second-order valence-electron chi connectivity index (χ2n) is 16.2. The van der Waals surface area contributed by atoms with Gasteiger partial charge in [0.1, 0.15) is 6.10 Å². The van der Waals surface area contributed by atoms with Gasteiger partial charge in [-0.15, -0.1) is 0 Å². The van der Waals surface area contributed by atoms with Gasteiger partial charge in [0.15, 0.2) is 0 Å². The van der Waals surface area contributed by atoms with Crippen LogP contribution >= 0.6 is 0 Å². The number of hydrogen-bond donors (Lipinski definition) is 3. The van der Waals surface area contributed by atoms with E-state index in [1.54, 1.807) is 0 Å². The van der Waals surface area contributed by atoms with Crippen molar-refractivity contribution in [1.82, 2.24) is 5.32 Å². The molecule has 0 aromatic carbocycles. The van der Waals surface area contributed by atoms with E-state index in [-0.39, 0.29) is 24.9 Å². The van der Waals surface area contributed by atoms with Crippen LogP contribution in [-0.2, 0) is 14.3 Å². The van der Waals surface area contributed by atoms with Gasteiger partial charge < -0.3 is 20.3 Å². The molecule has 3 atom stereocenters. The van der Waals surface area contributed by atoms with Crippen LogP contribution in [-0.4, -0.2) is 46.9 Å². The first-order chi connectivity index (χ1) is 28.5. The Labute approximate surface area is 358 Å². The maximum atomic E-state index is 13.1. The Morgan fingerprint density at radius 3 is 1.41 bits per heavy atom. The van der Waals surface area contributed by atoms with Crippen molar-refractivity contribution in [2.24, 2.45) is 0 Å². The van der Waals surface area contributed by atoms with Crippen molar-refractivity contribution in [2.45, 2.75) is 238 Å². The van der Waals surface area contributed by atoms with E-state index >= 15 is 0 Å². The maximum absolute atomic E-state index is 13.1. The number of hydrogen-bond acceptors (Lipinski definition) is 5. The molecule has 58 heavy (non-hydrogen) atoms. The molecule has 0 saturated carbocycles. The Bertz CT molecular complexity index is 1090. The molecule has 0 saturated heterocycles. The molecule has 0 heterocycles. The predicted octanol–water partition coefficient (Wildman–Crippen LogP) is 14.2. The largest absolute Gasteiger partial charge is 0.462 e. The fourth-order valence-corrected chi connectivity index (χ4v) is 6.96. The van der Waals surface area contributed by atoms with Crippen LogP contribution in [0.2, 0.25) is 0 Å². The summed E-state index contributed by atoms with van der Waals surface area (Å²) in [6, 6.07) is -0.718. The van der Waals surface area contributed by atoms with Crippen molar-refractivity contribution in [3.63, 3.8) is 0 Å². The Morgan fingerprint density at radius 1 is 0.517 bits per heavy atom.